The monoisotopic (exact) mass is 420 g/mol. The third kappa shape index (κ3) is 4.62. The summed E-state index contributed by atoms with van der Waals surface area (Å²) >= 11 is 2.43. The highest BCUT2D eigenvalue weighted by Crippen LogP contribution is 2.34. The van der Waals surface area contributed by atoms with Crippen molar-refractivity contribution in [3.8, 4) is 0 Å². The number of rotatable bonds is 6. The Hall–Kier alpha value is -2.19. The molecule has 1 aliphatic carbocycles. The Labute approximate surface area is 172 Å². The maximum Gasteiger partial charge on any atom is 0.341 e. The Balaban J connectivity index is 1.86. The van der Waals surface area contributed by atoms with Crippen molar-refractivity contribution in [2.75, 3.05) is 11.9 Å². The van der Waals surface area contributed by atoms with E-state index in [2.05, 4.69) is 10.6 Å². The summed E-state index contributed by atoms with van der Waals surface area (Å²) in [5.41, 5.74) is 0.795. The number of carbonyl (C=O) groups excluding carboxylic acids is 3. The zero-order valence-corrected chi connectivity index (χ0v) is 17.6. The van der Waals surface area contributed by atoms with Crippen molar-refractivity contribution in [2.24, 2.45) is 0 Å². The van der Waals surface area contributed by atoms with Crippen LogP contribution in [0.3, 0.4) is 0 Å². The van der Waals surface area contributed by atoms with Gasteiger partial charge in [-0.15, -0.1) is 22.7 Å². The number of esters is 1. The van der Waals surface area contributed by atoms with Gasteiger partial charge in [0.2, 0.25) is 0 Å². The van der Waals surface area contributed by atoms with Gasteiger partial charge >= 0.3 is 5.97 Å². The van der Waals surface area contributed by atoms with Crippen molar-refractivity contribution in [2.45, 2.75) is 52.0 Å². The molecule has 3 rings (SSSR count). The molecule has 0 saturated heterocycles. The van der Waals surface area contributed by atoms with Crippen LogP contribution in [0, 0.1) is 6.92 Å². The fourth-order valence-corrected chi connectivity index (χ4v) is 5.05. The minimum Gasteiger partial charge on any atom is -0.462 e. The molecule has 1 saturated carbocycles. The predicted octanol–water partition coefficient (Wildman–Crippen LogP) is 4.61. The van der Waals surface area contributed by atoms with E-state index in [1.165, 1.54) is 17.8 Å². The molecule has 8 heteroatoms. The summed E-state index contributed by atoms with van der Waals surface area (Å²) in [6, 6.07) is 3.66. The molecule has 0 unspecified atom stereocenters. The number of thiophene rings is 2. The lowest BCUT2D eigenvalue weighted by Crippen LogP contribution is -2.36. The molecule has 0 aromatic carbocycles. The third-order valence-corrected chi connectivity index (χ3v) is 6.82. The molecule has 150 valence electrons. The Kier molecular flexibility index (Phi) is 6.85. The van der Waals surface area contributed by atoms with Crippen LogP contribution in [0.4, 0.5) is 5.00 Å². The van der Waals surface area contributed by atoms with Crippen molar-refractivity contribution < 1.29 is 19.1 Å². The first-order valence-electron chi connectivity index (χ1n) is 9.47. The first-order valence-corrected chi connectivity index (χ1v) is 11.2. The zero-order chi connectivity index (χ0) is 20.1. The number of hydrogen-bond acceptors (Lipinski definition) is 6. The SMILES string of the molecule is CCOC(=O)c1c(NC(=O)c2cccs2)sc(C(=O)NC2CCCCC2)c1C. The number of nitrogens with one attached hydrogen (secondary N) is 2. The fraction of sp³-hybridized carbons (Fsp3) is 0.450. The van der Waals surface area contributed by atoms with Gasteiger partial charge in [-0.3, -0.25) is 9.59 Å². The fourth-order valence-electron chi connectivity index (χ4n) is 3.34. The second-order valence-electron chi connectivity index (χ2n) is 6.72. The molecule has 6 nitrogen and oxygen atoms in total. The smallest absolute Gasteiger partial charge is 0.341 e. The van der Waals surface area contributed by atoms with Crippen LogP contribution in [-0.4, -0.2) is 30.4 Å². The lowest BCUT2D eigenvalue weighted by molar-refractivity contribution is 0.0527. The van der Waals surface area contributed by atoms with E-state index < -0.39 is 5.97 Å². The molecule has 2 amide bonds. The first kappa shape index (κ1) is 20.5. The normalized spacial score (nSPS) is 14.5. The van der Waals surface area contributed by atoms with Crippen LogP contribution in [0.2, 0.25) is 0 Å². The van der Waals surface area contributed by atoms with E-state index in [9.17, 15) is 14.4 Å². The van der Waals surface area contributed by atoms with Crippen LogP contribution >= 0.6 is 22.7 Å². The van der Waals surface area contributed by atoms with E-state index in [1.54, 1.807) is 26.0 Å². The van der Waals surface area contributed by atoms with Gasteiger partial charge in [0.1, 0.15) is 5.00 Å². The van der Waals surface area contributed by atoms with Crippen molar-refractivity contribution in [1.29, 1.82) is 0 Å². The summed E-state index contributed by atoms with van der Waals surface area (Å²) in [5, 5.41) is 8.02. The molecule has 0 spiro atoms. The second-order valence-corrected chi connectivity index (χ2v) is 8.69. The number of hydrogen-bond donors (Lipinski definition) is 2. The summed E-state index contributed by atoms with van der Waals surface area (Å²) < 4.78 is 5.15. The minimum absolute atomic E-state index is 0.165. The van der Waals surface area contributed by atoms with Crippen molar-refractivity contribution in [3.63, 3.8) is 0 Å². The largest absolute Gasteiger partial charge is 0.462 e. The summed E-state index contributed by atoms with van der Waals surface area (Å²) in [4.78, 5) is 38.8. The number of ether oxygens (including phenoxy) is 1. The molecule has 1 aliphatic rings. The lowest BCUT2D eigenvalue weighted by atomic mass is 9.95. The van der Waals surface area contributed by atoms with Crippen molar-refractivity contribution in [1.82, 2.24) is 5.32 Å². The molecule has 0 radical (unpaired) electrons. The highest BCUT2D eigenvalue weighted by atomic mass is 32.1. The molecule has 2 heterocycles. The van der Waals surface area contributed by atoms with Crippen LogP contribution < -0.4 is 10.6 Å². The summed E-state index contributed by atoms with van der Waals surface area (Å²) in [6.45, 7) is 3.66. The summed E-state index contributed by atoms with van der Waals surface area (Å²) in [6.07, 6.45) is 5.39. The minimum atomic E-state index is -0.533. The van der Waals surface area contributed by atoms with Gasteiger partial charge in [-0.2, -0.15) is 0 Å². The van der Waals surface area contributed by atoms with E-state index in [1.807, 2.05) is 5.38 Å². The highest BCUT2D eigenvalue weighted by molar-refractivity contribution is 7.19. The summed E-state index contributed by atoms with van der Waals surface area (Å²) in [5.74, 6) is -1.04. The summed E-state index contributed by atoms with van der Waals surface area (Å²) in [7, 11) is 0. The van der Waals surface area contributed by atoms with Gasteiger partial charge in [-0.25, -0.2) is 4.79 Å². The van der Waals surface area contributed by atoms with Gasteiger partial charge in [-0.1, -0.05) is 25.3 Å². The Bertz CT molecular complexity index is 852. The lowest BCUT2D eigenvalue weighted by Gasteiger charge is -2.22. The molecular weight excluding hydrogens is 396 g/mol. The third-order valence-electron chi connectivity index (χ3n) is 4.74. The molecule has 2 aromatic heterocycles. The van der Waals surface area contributed by atoms with E-state index in [4.69, 9.17) is 4.74 Å². The Morgan fingerprint density at radius 3 is 2.57 bits per heavy atom. The van der Waals surface area contributed by atoms with Gasteiger partial charge in [0.25, 0.3) is 11.8 Å². The van der Waals surface area contributed by atoms with Gasteiger partial charge in [0.05, 0.1) is 21.9 Å². The Morgan fingerprint density at radius 2 is 1.93 bits per heavy atom. The van der Waals surface area contributed by atoms with Crippen molar-refractivity contribution >= 4 is 45.5 Å². The molecule has 2 N–H and O–H groups in total. The van der Waals surface area contributed by atoms with E-state index in [0.29, 0.717) is 20.3 Å². The van der Waals surface area contributed by atoms with Gasteiger partial charge in [-0.05, 0) is 43.7 Å². The van der Waals surface area contributed by atoms with Gasteiger partial charge in [0.15, 0.2) is 0 Å². The van der Waals surface area contributed by atoms with Gasteiger partial charge < -0.3 is 15.4 Å². The Morgan fingerprint density at radius 1 is 1.18 bits per heavy atom. The van der Waals surface area contributed by atoms with E-state index in [-0.39, 0.29) is 30.0 Å². The topological polar surface area (TPSA) is 84.5 Å². The van der Waals surface area contributed by atoms with Crippen molar-refractivity contribution in [3.05, 3.63) is 38.4 Å². The average molecular weight is 421 g/mol. The quantitative estimate of drug-likeness (QED) is 0.669. The maximum absolute atomic E-state index is 12.8. The number of anilines is 1. The molecule has 0 bridgehead atoms. The van der Waals surface area contributed by atoms with E-state index >= 15 is 0 Å². The zero-order valence-electron chi connectivity index (χ0n) is 16.0. The molecular formula is C20H24N2O4S2. The van der Waals surface area contributed by atoms with Crippen LogP contribution in [0.5, 0.6) is 0 Å². The standard InChI is InChI=1S/C20H24N2O4S2/c1-3-26-20(25)15-12(2)16(18(24)21-13-8-5-4-6-9-13)28-19(15)22-17(23)14-10-7-11-27-14/h7,10-11,13H,3-6,8-9H2,1-2H3,(H,21,24)(H,22,23). The molecule has 1 fully saturated rings. The molecule has 28 heavy (non-hydrogen) atoms. The van der Waals surface area contributed by atoms with E-state index in [0.717, 1.165) is 37.0 Å². The molecule has 0 atom stereocenters. The maximum atomic E-state index is 12.8. The predicted molar refractivity (Wildman–Crippen MR) is 112 cm³/mol. The van der Waals surface area contributed by atoms with Gasteiger partial charge in [0, 0.05) is 6.04 Å². The number of amides is 2. The highest BCUT2D eigenvalue weighted by Gasteiger charge is 2.28. The van der Waals surface area contributed by atoms with Crippen LogP contribution in [0.25, 0.3) is 0 Å². The molecule has 0 aliphatic heterocycles. The number of carbonyl (C=O) groups is 3. The second kappa shape index (κ2) is 9.34. The van der Waals surface area contributed by atoms with Crippen LogP contribution in [0.15, 0.2) is 17.5 Å². The molecule has 2 aromatic rings. The average Bonchev–Trinajstić information content (AvgIpc) is 3.31. The van der Waals surface area contributed by atoms with Crippen LogP contribution in [0.1, 0.15) is 74.3 Å². The first-order chi connectivity index (χ1) is 13.5. The van der Waals surface area contributed by atoms with Crippen LogP contribution in [-0.2, 0) is 4.74 Å².